The van der Waals surface area contributed by atoms with Crippen LogP contribution in [0.2, 0.25) is 0 Å². The van der Waals surface area contributed by atoms with Crippen molar-refractivity contribution in [2.75, 3.05) is 0 Å². The van der Waals surface area contributed by atoms with Crippen molar-refractivity contribution in [3.8, 4) is 0 Å². The van der Waals surface area contributed by atoms with Crippen molar-refractivity contribution >= 4 is 11.8 Å². The van der Waals surface area contributed by atoms with Gasteiger partial charge in [-0.15, -0.1) is 0 Å². The fourth-order valence-corrected chi connectivity index (χ4v) is 0.388. The lowest BCUT2D eigenvalue weighted by Gasteiger charge is -2.05. The molecule has 0 aromatic heterocycles. The summed E-state index contributed by atoms with van der Waals surface area (Å²) < 4.78 is 0. The zero-order valence-electron chi connectivity index (χ0n) is 5.44. The van der Waals surface area contributed by atoms with Crippen LogP contribution < -0.4 is 11.0 Å². The monoisotopic (exact) mass is 164 g/mol. The lowest BCUT2D eigenvalue weighted by molar-refractivity contribution is -0.143. The summed E-state index contributed by atoms with van der Waals surface area (Å²) in [6, 6.07) is 0. The number of hydrogen-bond acceptors (Lipinski definition) is 5. The molecule has 0 rings (SSSR count). The molecule has 0 radical (unpaired) electrons. The van der Waals surface area contributed by atoms with Crippen molar-refractivity contribution in [1.82, 2.24) is 11.0 Å². The predicted molar refractivity (Wildman–Crippen MR) is 30.5 cm³/mol. The molecule has 0 aromatic rings. The maximum Gasteiger partial charge on any atom is 0.272 e. The van der Waals surface area contributed by atoms with Gasteiger partial charge in [0.05, 0.1) is 6.42 Å². The number of carbonyl (C=O) groups excluding carboxylic acids is 2. The lowest BCUT2D eigenvalue weighted by Crippen LogP contribution is -2.36. The van der Waals surface area contributed by atoms with Crippen molar-refractivity contribution in [1.29, 1.82) is 0 Å². The van der Waals surface area contributed by atoms with Crippen LogP contribution >= 0.6 is 0 Å². The number of nitrogens with one attached hydrogen (secondary N) is 2. The highest BCUT2D eigenvalue weighted by Gasteiger charge is 2.17. The first kappa shape index (κ1) is 9.82. The summed E-state index contributed by atoms with van der Waals surface area (Å²) in [7, 11) is 0. The number of hydroxylamine groups is 2. The van der Waals surface area contributed by atoms with Crippen molar-refractivity contribution in [2.45, 2.75) is 12.5 Å². The summed E-state index contributed by atoms with van der Waals surface area (Å²) in [5.74, 6) is -2.02. The quantitative estimate of drug-likeness (QED) is 0.238. The maximum absolute atomic E-state index is 10.3. The Labute approximate surface area is 61.5 Å². The summed E-state index contributed by atoms with van der Waals surface area (Å²) in [4.78, 5) is 20.6. The maximum atomic E-state index is 10.3. The molecule has 7 heteroatoms. The first-order valence-corrected chi connectivity index (χ1v) is 2.66. The van der Waals surface area contributed by atoms with Crippen molar-refractivity contribution in [3.63, 3.8) is 0 Å². The Kier molecular flexibility index (Phi) is 4.11. The van der Waals surface area contributed by atoms with E-state index >= 15 is 0 Å². The Morgan fingerprint density at radius 1 is 1.27 bits per heavy atom. The first-order chi connectivity index (χ1) is 5.11. The largest absolute Gasteiger partial charge is 0.383 e. The third-order valence-electron chi connectivity index (χ3n) is 0.916. The number of rotatable bonds is 3. The summed E-state index contributed by atoms with van der Waals surface area (Å²) in [6.45, 7) is 0. The van der Waals surface area contributed by atoms with Crippen LogP contribution in [-0.4, -0.2) is 33.4 Å². The highest BCUT2D eigenvalue weighted by molar-refractivity contribution is 5.86. The van der Waals surface area contributed by atoms with Gasteiger partial charge in [0.15, 0.2) is 0 Å². The van der Waals surface area contributed by atoms with Crippen LogP contribution in [0.15, 0.2) is 0 Å². The topological polar surface area (TPSA) is 119 Å². The highest BCUT2D eigenvalue weighted by atomic mass is 16.5. The Bertz CT molecular complexity index is 159. The second-order valence-corrected chi connectivity index (χ2v) is 1.73. The molecule has 0 saturated heterocycles. The summed E-state index contributed by atoms with van der Waals surface area (Å²) in [5, 5.41) is 24.5. The van der Waals surface area contributed by atoms with E-state index in [1.165, 1.54) is 5.48 Å². The molecule has 1 atom stereocenters. The van der Waals surface area contributed by atoms with E-state index in [0.717, 1.165) is 5.48 Å². The smallest absolute Gasteiger partial charge is 0.272 e. The minimum absolute atomic E-state index is 0.608. The minimum Gasteiger partial charge on any atom is -0.383 e. The molecule has 0 bridgehead atoms. The molecule has 64 valence electrons. The first-order valence-electron chi connectivity index (χ1n) is 2.66. The van der Waals surface area contributed by atoms with Gasteiger partial charge in [0.25, 0.3) is 5.91 Å². The van der Waals surface area contributed by atoms with Crippen LogP contribution in [0.4, 0.5) is 0 Å². The average molecular weight is 164 g/mol. The van der Waals surface area contributed by atoms with Gasteiger partial charge in [0.1, 0.15) is 6.10 Å². The fourth-order valence-electron chi connectivity index (χ4n) is 0.388. The Balaban J connectivity index is 3.77. The van der Waals surface area contributed by atoms with E-state index in [2.05, 4.69) is 0 Å². The fraction of sp³-hybridized carbons (Fsp3) is 0.500. The van der Waals surface area contributed by atoms with Crippen LogP contribution in [0, 0.1) is 0 Å². The molecule has 7 nitrogen and oxygen atoms in total. The van der Waals surface area contributed by atoms with Gasteiger partial charge in [-0.25, -0.2) is 11.0 Å². The van der Waals surface area contributed by atoms with Gasteiger partial charge in [-0.2, -0.15) is 0 Å². The van der Waals surface area contributed by atoms with E-state index in [1.54, 1.807) is 0 Å². The van der Waals surface area contributed by atoms with Gasteiger partial charge in [0, 0.05) is 0 Å². The van der Waals surface area contributed by atoms with Crippen LogP contribution in [0.25, 0.3) is 0 Å². The van der Waals surface area contributed by atoms with Gasteiger partial charge in [0.2, 0.25) is 5.91 Å². The number of carbonyl (C=O) groups is 2. The number of amides is 2. The predicted octanol–water partition coefficient (Wildman–Crippen LogP) is -2.25. The van der Waals surface area contributed by atoms with E-state index in [-0.39, 0.29) is 0 Å². The van der Waals surface area contributed by atoms with Crippen molar-refractivity contribution < 1.29 is 25.1 Å². The van der Waals surface area contributed by atoms with Crippen LogP contribution in [0.5, 0.6) is 0 Å². The van der Waals surface area contributed by atoms with E-state index < -0.39 is 24.3 Å². The molecule has 0 saturated carbocycles. The summed E-state index contributed by atoms with van der Waals surface area (Å²) in [5.41, 5.74) is 2.36. The Hall–Kier alpha value is -1.18. The average Bonchev–Trinajstić information content (AvgIpc) is 2.02. The third-order valence-corrected chi connectivity index (χ3v) is 0.916. The molecule has 0 aliphatic rings. The van der Waals surface area contributed by atoms with Gasteiger partial charge in [-0.3, -0.25) is 20.0 Å². The second-order valence-electron chi connectivity index (χ2n) is 1.73. The minimum atomic E-state index is -1.66. The van der Waals surface area contributed by atoms with Crippen molar-refractivity contribution in [3.05, 3.63) is 0 Å². The van der Waals surface area contributed by atoms with Crippen LogP contribution in [0.1, 0.15) is 6.42 Å². The normalized spacial score (nSPS) is 11.9. The number of hydrogen-bond donors (Lipinski definition) is 5. The molecule has 2 amide bonds. The molecule has 11 heavy (non-hydrogen) atoms. The zero-order chi connectivity index (χ0) is 8.85. The summed E-state index contributed by atoms with van der Waals surface area (Å²) >= 11 is 0. The van der Waals surface area contributed by atoms with Gasteiger partial charge >= 0.3 is 0 Å². The molecular weight excluding hydrogens is 156 g/mol. The summed E-state index contributed by atoms with van der Waals surface area (Å²) in [6.07, 6.45) is -2.27. The molecule has 0 aromatic carbocycles. The van der Waals surface area contributed by atoms with Gasteiger partial charge in [-0.1, -0.05) is 0 Å². The number of aliphatic hydroxyl groups excluding tert-OH is 1. The van der Waals surface area contributed by atoms with E-state index in [0.29, 0.717) is 0 Å². The van der Waals surface area contributed by atoms with Gasteiger partial charge in [-0.05, 0) is 0 Å². The van der Waals surface area contributed by atoms with Gasteiger partial charge < -0.3 is 5.11 Å². The molecule has 0 spiro atoms. The number of aliphatic hydroxyl groups is 1. The van der Waals surface area contributed by atoms with E-state index in [1.807, 2.05) is 0 Å². The van der Waals surface area contributed by atoms with Crippen LogP contribution in [0.3, 0.4) is 0 Å². The van der Waals surface area contributed by atoms with Crippen LogP contribution in [-0.2, 0) is 9.59 Å². The molecule has 5 N–H and O–H groups in total. The van der Waals surface area contributed by atoms with Crippen molar-refractivity contribution in [2.24, 2.45) is 0 Å². The lowest BCUT2D eigenvalue weighted by atomic mass is 10.2. The molecule has 1 unspecified atom stereocenters. The Morgan fingerprint density at radius 3 is 2.18 bits per heavy atom. The highest BCUT2D eigenvalue weighted by Crippen LogP contribution is 1.89. The standard InChI is InChI=1S/C4H8N2O5/c7-2(4(9)6-11)1-3(8)5-10/h2,7,10-11H,1H2,(H,5,8)(H,6,9). The molecule has 0 heterocycles. The Morgan fingerprint density at radius 2 is 1.82 bits per heavy atom. The molecule has 0 fully saturated rings. The molecule has 0 aliphatic carbocycles. The van der Waals surface area contributed by atoms with E-state index in [9.17, 15) is 9.59 Å². The SMILES string of the molecule is O=C(CC(O)C(=O)NO)NO. The van der Waals surface area contributed by atoms with E-state index in [4.69, 9.17) is 15.5 Å². The second kappa shape index (κ2) is 4.61. The molecular formula is C4H8N2O5. The third kappa shape index (κ3) is 3.50. The zero-order valence-corrected chi connectivity index (χ0v) is 5.44. The molecule has 0 aliphatic heterocycles.